The molecule has 0 unspecified atom stereocenters. The number of nitrogens with one attached hydrogen (secondary N) is 3. The fourth-order valence-corrected chi connectivity index (χ4v) is 8.59. The van der Waals surface area contributed by atoms with Gasteiger partial charge < -0.3 is 40.1 Å². The van der Waals surface area contributed by atoms with Gasteiger partial charge in [0.05, 0.1) is 18.2 Å². The first-order valence-electron chi connectivity index (χ1n) is 22.6. The standard InChI is InChI=1S/C49H64N6O8/c1-49(2,3)63-48(61)50-27-13-12-21-40-47(60)55-28-14-19-38(55)34-62-42-22-11-10-20-39(42)45(58)52-41(46(59)53-29-25-36(26-30-53)31-35-15-6-4-7-16-35)23-24-44(57)54(33-43(56)51-40)32-37-17-8-5-9-18-37/h4-11,15-18,20,22,36,38,40-41H,12-14,19,21,23-34H2,1-3H3,(H,50,61)(H,51,56)(H,52,58)/t38-,40+,41+/m1/s1. The van der Waals surface area contributed by atoms with Gasteiger partial charge in [-0.2, -0.15) is 0 Å². The Morgan fingerprint density at radius 2 is 1.49 bits per heavy atom. The number of fused-ring (bicyclic) bond motifs is 2. The van der Waals surface area contributed by atoms with Crippen LogP contribution in [-0.2, 0) is 36.9 Å². The predicted octanol–water partition coefficient (Wildman–Crippen LogP) is 5.64. The Labute approximate surface area is 371 Å². The molecule has 3 N–H and O–H groups in total. The van der Waals surface area contributed by atoms with Crippen LogP contribution in [0.3, 0.4) is 0 Å². The minimum atomic E-state index is -1.01. The molecule has 63 heavy (non-hydrogen) atoms. The molecule has 338 valence electrons. The molecule has 2 saturated heterocycles. The summed E-state index contributed by atoms with van der Waals surface area (Å²) in [6.07, 6.45) is 4.68. The molecule has 2 fully saturated rings. The third-order valence-corrected chi connectivity index (χ3v) is 11.9. The van der Waals surface area contributed by atoms with Crippen molar-refractivity contribution in [1.82, 2.24) is 30.7 Å². The maximum absolute atomic E-state index is 14.4. The molecule has 0 aliphatic carbocycles. The Kier molecular flexibility index (Phi) is 16.6. The summed E-state index contributed by atoms with van der Waals surface area (Å²) >= 11 is 0. The fourth-order valence-electron chi connectivity index (χ4n) is 8.59. The number of amides is 6. The average Bonchev–Trinajstić information content (AvgIpc) is 3.74. The number of benzene rings is 3. The van der Waals surface area contributed by atoms with E-state index < -0.39 is 35.6 Å². The third-order valence-electron chi connectivity index (χ3n) is 11.9. The average molecular weight is 865 g/mol. The molecule has 14 nitrogen and oxygen atoms in total. The van der Waals surface area contributed by atoms with Crippen LogP contribution in [-0.4, -0.2) is 113 Å². The lowest BCUT2D eigenvalue weighted by molar-refractivity contribution is -0.140. The van der Waals surface area contributed by atoms with Gasteiger partial charge in [-0.25, -0.2) is 4.79 Å². The number of hydrogen-bond donors (Lipinski definition) is 3. The second kappa shape index (κ2) is 22.4. The van der Waals surface area contributed by atoms with Crippen LogP contribution in [0.15, 0.2) is 84.9 Å². The molecule has 0 saturated carbocycles. The normalized spacial score (nSPS) is 20.9. The third kappa shape index (κ3) is 14.0. The van der Waals surface area contributed by atoms with E-state index in [9.17, 15) is 28.8 Å². The summed E-state index contributed by atoms with van der Waals surface area (Å²) in [4.78, 5) is 88.3. The summed E-state index contributed by atoms with van der Waals surface area (Å²) in [5.41, 5.74) is 1.68. The molecule has 3 aromatic rings. The number of carbonyl (C=O) groups excluding carboxylic acids is 6. The SMILES string of the molecule is CC(C)(C)OC(=O)NCCCC[C@@H]1NC(=O)CN(Cc2ccccc2)C(=O)CC[C@@H](C(=O)N2CCC(Cc3ccccc3)CC2)NC(=O)c2ccccc2OC[C@H]2CCCN2C1=O. The topological polar surface area (TPSA) is 167 Å². The number of para-hydroxylation sites is 1. The van der Waals surface area contributed by atoms with Gasteiger partial charge in [-0.1, -0.05) is 72.8 Å². The number of rotatable bonds is 10. The summed E-state index contributed by atoms with van der Waals surface area (Å²) in [5.74, 6) is -1.14. The van der Waals surface area contributed by atoms with E-state index in [1.54, 1.807) is 54.8 Å². The van der Waals surface area contributed by atoms with Gasteiger partial charge in [0, 0.05) is 39.1 Å². The molecule has 14 heteroatoms. The number of carbonyl (C=O) groups is 6. The van der Waals surface area contributed by atoms with Crippen LogP contribution < -0.4 is 20.7 Å². The monoisotopic (exact) mass is 864 g/mol. The van der Waals surface area contributed by atoms with Crippen LogP contribution in [0, 0.1) is 5.92 Å². The van der Waals surface area contributed by atoms with Crippen molar-refractivity contribution in [3.8, 4) is 5.75 Å². The first-order chi connectivity index (χ1) is 30.3. The Morgan fingerprint density at radius 1 is 0.810 bits per heavy atom. The fraction of sp³-hybridized carbons (Fsp3) is 0.510. The van der Waals surface area contributed by atoms with E-state index in [4.69, 9.17) is 9.47 Å². The van der Waals surface area contributed by atoms with Gasteiger partial charge in [-0.05, 0) is 108 Å². The predicted molar refractivity (Wildman–Crippen MR) is 238 cm³/mol. The Balaban J connectivity index is 1.22. The van der Waals surface area contributed by atoms with Gasteiger partial charge in [-0.3, -0.25) is 24.0 Å². The molecule has 3 aromatic carbocycles. The summed E-state index contributed by atoms with van der Waals surface area (Å²) in [7, 11) is 0. The molecule has 0 bridgehead atoms. The smallest absolute Gasteiger partial charge is 0.407 e. The molecule has 0 radical (unpaired) electrons. The number of nitrogens with zero attached hydrogens (tertiary/aromatic N) is 3. The summed E-state index contributed by atoms with van der Waals surface area (Å²) in [6.45, 7) is 7.16. The van der Waals surface area contributed by atoms with Crippen molar-refractivity contribution in [3.05, 3.63) is 102 Å². The first kappa shape index (κ1) is 46.6. The quantitative estimate of drug-likeness (QED) is 0.221. The van der Waals surface area contributed by atoms with Crippen molar-refractivity contribution in [3.63, 3.8) is 0 Å². The molecule has 3 heterocycles. The first-order valence-corrected chi connectivity index (χ1v) is 22.6. The zero-order valence-corrected chi connectivity index (χ0v) is 37.0. The van der Waals surface area contributed by atoms with Gasteiger partial charge in [0.25, 0.3) is 5.91 Å². The van der Waals surface area contributed by atoms with E-state index >= 15 is 0 Å². The Bertz CT molecular complexity index is 2020. The highest BCUT2D eigenvalue weighted by molar-refractivity contribution is 6.00. The van der Waals surface area contributed by atoms with Crippen LogP contribution in [0.2, 0.25) is 0 Å². The zero-order valence-electron chi connectivity index (χ0n) is 37.0. The molecule has 3 atom stereocenters. The highest BCUT2D eigenvalue weighted by Crippen LogP contribution is 2.26. The van der Waals surface area contributed by atoms with Crippen molar-refractivity contribution in [1.29, 1.82) is 0 Å². The summed E-state index contributed by atoms with van der Waals surface area (Å²) in [6, 6.07) is 24.2. The molecule has 3 aliphatic rings. The minimum Gasteiger partial charge on any atom is -0.491 e. The number of piperidine rings is 1. The minimum absolute atomic E-state index is 0.0127. The lowest BCUT2D eigenvalue weighted by Gasteiger charge is -2.35. The molecule has 3 aliphatic heterocycles. The van der Waals surface area contributed by atoms with Crippen LogP contribution >= 0.6 is 0 Å². The van der Waals surface area contributed by atoms with Crippen molar-refractivity contribution in [2.24, 2.45) is 5.92 Å². The van der Waals surface area contributed by atoms with Crippen molar-refractivity contribution < 1.29 is 38.2 Å². The van der Waals surface area contributed by atoms with Crippen molar-refractivity contribution in [2.45, 2.75) is 115 Å². The van der Waals surface area contributed by atoms with Crippen LogP contribution in [0.1, 0.15) is 100 Å². The van der Waals surface area contributed by atoms with Gasteiger partial charge in [0.1, 0.15) is 30.0 Å². The lowest BCUT2D eigenvalue weighted by Crippen LogP contribution is -2.53. The van der Waals surface area contributed by atoms with E-state index in [1.165, 1.54) is 10.5 Å². The van der Waals surface area contributed by atoms with E-state index in [0.717, 1.165) is 31.2 Å². The molecular weight excluding hydrogens is 801 g/mol. The van der Waals surface area contributed by atoms with Gasteiger partial charge in [0.15, 0.2) is 0 Å². The van der Waals surface area contributed by atoms with Gasteiger partial charge in [0.2, 0.25) is 23.6 Å². The summed E-state index contributed by atoms with van der Waals surface area (Å²) < 4.78 is 11.6. The maximum Gasteiger partial charge on any atom is 0.407 e. The van der Waals surface area contributed by atoms with E-state index in [-0.39, 0.29) is 61.9 Å². The Morgan fingerprint density at radius 3 is 2.21 bits per heavy atom. The van der Waals surface area contributed by atoms with Crippen molar-refractivity contribution in [2.75, 3.05) is 39.3 Å². The molecular formula is C49H64N6O8. The molecule has 6 rings (SSSR count). The number of hydrogen-bond acceptors (Lipinski definition) is 8. The highest BCUT2D eigenvalue weighted by atomic mass is 16.6. The number of unbranched alkanes of at least 4 members (excludes halogenated alkanes) is 1. The molecule has 0 aromatic heterocycles. The number of ether oxygens (including phenoxy) is 2. The van der Waals surface area contributed by atoms with E-state index in [0.29, 0.717) is 63.5 Å². The van der Waals surface area contributed by atoms with Gasteiger partial charge >= 0.3 is 6.09 Å². The molecule has 6 amide bonds. The second-order valence-corrected chi connectivity index (χ2v) is 17.9. The van der Waals surface area contributed by atoms with E-state index in [2.05, 4.69) is 28.1 Å². The summed E-state index contributed by atoms with van der Waals surface area (Å²) in [5, 5.41) is 8.68. The largest absolute Gasteiger partial charge is 0.491 e. The maximum atomic E-state index is 14.4. The second-order valence-electron chi connectivity index (χ2n) is 17.9. The van der Waals surface area contributed by atoms with Gasteiger partial charge in [-0.15, -0.1) is 0 Å². The van der Waals surface area contributed by atoms with Crippen LogP contribution in [0.5, 0.6) is 5.75 Å². The zero-order chi connectivity index (χ0) is 44.8. The molecule has 0 spiro atoms. The number of likely N-dealkylation sites (tertiary alicyclic amines) is 1. The van der Waals surface area contributed by atoms with Crippen molar-refractivity contribution >= 4 is 35.6 Å². The van der Waals surface area contributed by atoms with Crippen LogP contribution in [0.4, 0.5) is 4.79 Å². The Hall–Kier alpha value is -5.92. The van der Waals surface area contributed by atoms with Crippen LogP contribution in [0.25, 0.3) is 0 Å². The lowest BCUT2D eigenvalue weighted by atomic mass is 9.90. The van der Waals surface area contributed by atoms with E-state index in [1.807, 2.05) is 48.5 Å². The highest BCUT2D eigenvalue weighted by Gasteiger charge is 2.36. The number of alkyl carbamates (subject to hydrolysis) is 1.